The minimum Gasteiger partial charge on any atom is -0.399 e. The average molecular weight is 261 g/mol. The number of halogens is 1. The van der Waals surface area contributed by atoms with Crippen LogP contribution >= 0.6 is 0 Å². The molecule has 1 aromatic heterocycles. The number of hydrogen-bond acceptors (Lipinski definition) is 4. The monoisotopic (exact) mass is 261 g/mol. The Bertz CT molecular complexity index is 594. The van der Waals surface area contributed by atoms with Crippen LogP contribution in [-0.2, 0) is 0 Å². The Morgan fingerprint density at radius 2 is 2.32 bits per heavy atom. The molecule has 1 fully saturated rings. The van der Waals surface area contributed by atoms with E-state index in [1.165, 1.54) is 12.1 Å². The highest BCUT2D eigenvalue weighted by molar-refractivity contribution is 5.61. The van der Waals surface area contributed by atoms with Crippen molar-refractivity contribution in [1.29, 1.82) is 0 Å². The van der Waals surface area contributed by atoms with Crippen LogP contribution in [0.5, 0.6) is 0 Å². The lowest BCUT2D eigenvalue weighted by molar-refractivity contribution is 0.546. The molecule has 2 unspecified atom stereocenters. The van der Waals surface area contributed by atoms with Gasteiger partial charge in [0.15, 0.2) is 5.82 Å². The van der Waals surface area contributed by atoms with Gasteiger partial charge in [-0.2, -0.15) is 0 Å². The molecule has 100 valence electrons. The largest absolute Gasteiger partial charge is 0.399 e. The summed E-state index contributed by atoms with van der Waals surface area (Å²) in [6, 6.07) is 4.75. The van der Waals surface area contributed by atoms with E-state index in [0.717, 1.165) is 19.3 Å². The second kappa shape index (κ2) is 4.60. The van der Waals surface area contributed by atoms with Crippen molar-refractivity contribution in [3.63, 3.8) is 0 Å². The highest BCUT2D eigenvalue weighted by Crippen LogP contribution is 2.47. The Morgan fingerprint density at radius 3 is 3.11 bits per heavy atom. The van der Waals surface area contributed by atoms with Crippen LogP contribution < -0.4 is 5.73 Å². The summed E-state index contributed by atoms with van der Waals surface area (Å²) >= 11 is 0. The zero-order valence-electron chi connectivity index (χ0n) is 10.8. The summed E-state index contributed by atoms with van der Waals surface area (Å²) in [6.45, 7) is 2.16. The Kier molecular flexibility index (Phi) is 2.93. The third-order valence-electron chi connectivity index (χ3n) is 3.58. The fourth-order valence-electron chi connectivity index (χ4n) is 2.52. The van der Waals surface area contributed by atoms with Gasteiger partial charge in [-0.15, -0.1) is 5.10 Å². The van der Waals surface area contributed by atoms with E-state index < -0.39 is 0 Å². The van der Waals surface area contributed by atoms with Crippen LogP contribution in [-0.4, -0.2) is 20.2 Å². The third-order valence-corrected chi connectivity index (χ3v) is 3.58. The molecule has 0 aliphatic heterocycles. The maximum atomic E-state index is 13.9. The van der Waals surface area contributed by atoms with Gasteiger partial charge in [-0.3, -0.25) is 0 Å². The van der Waals surface area contributed by atoms with Crippen LogP contribution in [0.2, 0.25) is 0 Å². The Morgan fingerprint density at radius 1 is 1.47 bits per heavy atom. The third kappa shape index (κ3) is 2.18. The van der Waals surface area contributed by atoms with Crippen molar-refractivity contribution in [2.75, 3.05) is 5.73 Å². The van der Waals surface area contributed by atoms with E-state index in [2.05, 4.69) is 22.4 Å². The van der Waals surface area contributed by atoms with E-state index in [1.807, 2.05) is 0 Å². The Hall–Kier alpha value is -1.98. The number of anilines is 1. The molecule has 0 radical (unpaired) electrons. The minimum absolute atomic E-state index is 0.297. The first-order valence-corrected chi connectivity index (χ1v) is 6.54. The lowest BCUT2D eigenvalue weighted by Gasteiger charge is -2.06. The van der Waals surface area contributed by atoms with Crippen LogP contribution in [0.3, 0.4) is 0 Å². The minimum atomic E-state index is -0.349. The second-order valence-corrected chi connectivity index (χ2v) is 5.04. The molecule has 1 saturated carbocycles. The van der Waals surface area contributed by atoms with Gasteiger partial charge < -0.3 is 5.73 Å². The molecular weight excluding hydrogens is 245 g/mol. The Balaban J connectivity index is 1.94. The van der Waals surface area contributed by atoms with Crippen LogP contribution in [0.25, 0.3) is 11.4 Å². The predicted octanol–water partition coefficient (Wildman–Crippen LogP) is 2.42. The van der Waals surface area contributed by atoms with Crippen molar-refractivity contribution in [2.45, 2.75) is 32.2 Å². The van der Waals surface area contributed by atoms with Crippen molar-refractivity contribution in [3.05, 3.63) is 24.0 Å². The maximum absolute atomic E-state index is 13.9. The molecule has 3 rings (SSSR count). The summed E-state index contributed by atoms with van der Waals surface area (Å²) in [5.41, 5.74) is 6.58. The number of nitrogen functional groups attached to an aromatic ring is 1. The molecule has 2 atom stereocenters. The summed E-state index contributed by atoms with van der Waals surface area (Å²) in [6.07, 6.45) is 3.37. The normalized spacial score (nSPS) is 21.6. The first-order valence-electron chi connectivity index (χ1n) is 6.54. The number of hydrogen-bond donors (Lipinski definition) is 1. The van der Waals surface area contributed by atoms with Crippen LogP contribution in [0.1, 0.15) is 32.2 Å². The number of benzene rings is 1. The zero-order valence-corrected chi connectivity index (χ0v) is 10.8. The van der Waals surface area contributed by atoms with Crippen molar-refractivity contribution in [2.24, 2.45) is 5.92 Å². The first kappa shape index (κ1) is 12.1. The van der Waals surface area contributed by atoms with Gasteiger partial charge in [0.25, 0.3) is 0 Å². The molecular formula is C13H16FN5. The molecule has 0 saturated heterocycles. The lowest BCUT2D eigenvalue weighted by atomic mass is 10.1. The zero-order chi connectivity index (χ0) is 13.4. The molecule has 0 bridgehead atoms. The molecule has 19 heavy (non-hydrogen) atoms. The van der Waals surface area contributed by atoms with Gasteiger partial charge >= 0.3 is 0 Å². The predicted molar refractivity (Wildman–Crippen MR) is 69.7 cm³/mol. The quantitative estimate of drug-likeness (QED) is 0.858. The van der Waals surface area contributed by atoms with Crippen LogP contribution in [0.4, 0.5) is 10.1 Å². The second-order valence-electron chi connectivity index (χ2n) is 5.04. The van der Waals surface area contributed by atoms with Crippen molar-refractivity contribution < 1.29 is 4.39 Å². The van der Waals surface area contributed by atoms with E-state index in [4.69, 9.17) is 5.73 Å². The Labute approximate surface area is 110 Å². The number of rotatable bonds is 4. The van der Waals surface area contributed by atoms with Crippen molar-refractivity contribution in [3.8, 4) is 11.4 Å². The van der Waals surface area contributed by atoms with E-state index >= 15 is 0 Å². The number of tetrazole rings is 1. The van der Waals surface area contributed by atoms with Crippen molar-refractivity contribution in [1.82, 2.24) is 20.2 Å². The van der Waals surface area contributed by atoms with Crippen molar-refractivity contribution >= 4 is 5.69 Å². The molecule has 1 aromatic carbocycles. The highest BCUT2D eigenvalue weighted by atomic mass is 19.1. The average Bonchev–Trinajstić information content (AvgIpc) is 2.99. The maximum Gasteiger partial charge on any atom is 0.185 e. The lowest BCUT2D eigenvalue weighted by Crippen LogP contribution is -2.03. The first-order chi connectivity index (χ1) is 9.20. The summed E-state index contributed by atoms with van der Waals surface area (Å²) in [4.78, 5) is 0. The molecule has 6 heteroatoms. The van der Waals surface area contributed by atoms with Gasteiger partial charge in [0.2, 0.25) is 0 Å². The number of aromatic nitrogens is 4. The number of nitrogens with two attached hydrogens (primary N) is 1. The van der Waals surface area contributed by atoms with E-state index in [-0.39, 0.29) is 5.82 Å². The smallest absolute Gasteiger partial charge is 0.185 e. The highest BCUT2D eigenvalue weighted by Gasteiger charge is 2.40. The molecule has 0 spiro atoms. The van der Waals surface area contributed by atoms with Gasteiger partial charge in [0.1, 0.15) is 5.82 Å². The van der Waals surface area contributed by atoms with Gasteiger partial charge in [-0.05, 0) is 47.4 Å². The van der Waals surface area contributed by atoms with E-state index in [1.54, 1.807) is 10.7 Å². The molecule has 5 nitrogen and oxygen atoms in total. The fraction of sp³-hybridized carbons (Fsp3) is 0.462. The molecule has 1 aliphatic carbocycles. The molecule has 2 N–H and O–H groups in total. The fourth-order valence-corrected chi connectivity index (χ4v) is 2.52. The molecule has 0 amide bonds. The molecule has 1 heterocycles. The van der Waals surface area contributed by atoms with Gasteiger partial charge in [-0.1, -0.05) is 13.3 Å². The summed E-state index contributed by atoms with van der Waals surface area (Å²) in [7, 11) is 0. The van der Waals surface area contributed by atoms with Gasteiger partial charge in [0.05, 0.1) is 11.6 Å². The number of nitrogens with zero attached hydrogens (tertiary/aromatic N) is 4. The van der Waals surface area contributed by atoms with Crippen LogP contribution in [0.15, 0.2) is 18.2 Å². The SMILES string of the molecule is CCCC1CC1n1nnnc1-c1cc(N)ccc1F. The van der Waals surface area contributed by atoms with Gasteiger partial charge in [0, 0.05) is 5.69 Å². The summed E-state index contributed by atoms with van der Waals surface area (Å²) in [5.74, 6) is 0.725. The summed E-state index contributed by atoms with van der Waals surface area (Å²) in [5, 5.41) is 11.6. The topological polar surface area (TPSA) is 69.6 Å². The van der Waals surface area contributed by atoms with Crippen LogP contribution in [0, 0.1) is 11.7 Å². The molecule has 2 aromatic rings. The molecule has 1 aliphatic rings. The summed E-state index contributed by atoms with van der Waals surface area (Å²) < 4.78 is 15.6. The van der Waals surface area contributed by atoms with Gasteiger partial charge in [-0.25, -0.2) is 9.07 Å². The van der Waals surface area contributed by atoms with E-state index in [9.17, 15) is 4.39 Å². The van der Waals surface area contributed by atoms with E-state index in [0.29, 0.717) is 29.0 Å². The standard InChI is InChI=1S/C13H16FN5/c1-2-3-8-6-12(8)19-13(16-17-18-19)10-7-9(15)4-5-11(10)14/h4-5,7-8,12H,2-3,6,15H2,1H3.